The van der Waals surface area contributed by atoms with Gasteiger partial charge in [-0.15, -0.1) is 0 Å². The number of pyridine rings is 2. The minimum Gasteiger partial charge on any atom is -0.348 e. The summed E-state index contributed by atoms with van der Waals surface area (Å²) in [5.74, 6) is -0.187. The molecule has 5 heteroatoms. The Morgan fingerprint density at radius 2 is 1.74 bits per heavy atom. The third-order valence-electron chi connectivity index (χ3n) is 4.30. The van der Waals surface area contributed by atoms with Crippen LogP contribution in [0.15, 0.2) is 79.0 Å². The predicted molar refractivity (Wildman–Crippen MR) is 108 cm³/mol. The molecule has 1 N–H and O–H groups in total. The third kappa shape index (κ3) is 3.66. The van der Waals surface area contributed by atoms with Crippen LogP contribution < -0.4 is 5.32 Å². The SMILES string of the molecule is O=C(NCc1ccccc1Cl)c1cc(-c2ccccc2)nc2ncccc12. The molecule has 132 valence electrons. The van der Waals surface area contributed by atoms with Gasteiger partial charge in [0.25, 0.3) is 5.91 Å². The van der Waals surface area contributed by atoms with E-state index in [0.29, 0.717) is 33.9 Å². The number of fused-ring (bicyclic) bond motifs is 1. The van der Waals surface area contributed by atoms with E-state index in [0.717, 1.165) is 11.1 Å². The van der Waals surface area contributed by atoms with Gasteiger partial charge in [-0.1, -0.05) is 60.1 Å². The number of hydrogen-bond donors (Lipinski definition) is 1. The van der Waals surface area contributed by atoms with Gasteiger partial charge in [0.1, 0.15) is 0 Å². The number of amides is 1. The second kappa shape index (κ2) is 7.56. The summed E-state index contributed by atoms with van der Waals surface area (Å²) in [6, 6.07) is 22.7. The van der Waals surface area contributed by atoms with Gasteiger partial charge in [0, 0.05) is 28.7 Å². The summed E-state index contributed by atoms with van der Waals surface area (Å²) in [5, 5.41) is 4.29. The van der Waals surface area contributed by atoms with E-state index in [1.165, 1.54) is 0 Å². The molecular weight excluding hydrogens is 358 g/mol. The lowest BCUT2D eigenvalue weighted by Gasteiger charge is -2.11. The van der Waals surface area contributed by atoms with Gasteiger partial charge in [-0.05, 0) is 29.8 Å². The molecule has 0 radical (unpaired) electrons. The lowest BCUT2D eigenvalue weighted by Crippen LogP contribution is -2.23. The number of halogens is 1. The number of rotatable bonds is 4. The van der Waals surface area contributed by atoms with Crippen LogP contribution in [-0.2, 0) is 6.54 Å². The molecule has 2 aromatic carbocycles. The molecule has 4 rings (SSSR count). The minimum absolute atomic E-state index is 0.187. The van der Waals surface area contributed by atoms with E-state index in [-0.39, 0.29) is 5.91 Å². The fourth-order valence-electron chi connectivity index (χ4n) is 2.91. The van der Waals surface area contributed by atoms with E-state index < -0.39 is 0 Å². The zero-order valence-electron chi connectivity index (χ0n) is 14.4. The van der Waals surface area contributed by atoms with Crippen LogP contribution in [0.1, 0.15) is 15.9 Å². The quantitative estimate of drug-likeness (QED) is 0.554. The fraction of sp³-hybridized carbons (Fsp3) is 0.0455. The maximum Gasteiger partial charge on any atom is 0.252 e. The molecule has 1 amide bonds. The average molecular weight is 374 g/mol. The summed E-state index contributed by atoms with van der Waals surface area (Å²) < 4.78 is 0. The molecule has 0 bridgehead atoms. The molecule has 0 fully saturated rings. The molecule has 2 aromatic heterocycles. The molecule has 0 atom stereocenters. The normalized spacial score (nSPS) is 10.7. The number of aromatic nitrogens is 2. The Balaban J connectivity index is 1.71. The van der Waals surface area contributed by atoms with Gasteiger partial charge in [0.05, 0.1) is 11.3 Å². The van der Waals surface area contributed by atoms with Gasteiger partial charge >= 0.3 is 0 Å². The molecule has 0 aliphatic rings. The molecular formula is C22H16ClN3O. The maximum atomic E-state index is 12.9. The predicted octanol–water partition coefficient (Wildman–Crippen LogP) is 4.88. The van der Waals surface area contributed by atoms with E-state index in [9.17, 15) is 4.79 Å². The topological polar surface area (TPSA) is 54.9 Å². The number of carbonyl (C=O) groups excluding carboxylic acids is 1. The molecule has 0 spiro atoms. The van der Waals surface area contributed by atoms with Crippen LogP contribution in [0.4, 0.5) is 0 Å². The highest BCUT2D eigenvalue weighted by Crippen LogP contribution is 2.24. The first-order valence-corrected chi connectivity index (χ1v) is 8.93. The largest absolute Gasteiger partial charge is 0.348 e. The zero-order valence-corrected chi connectivity index (χ0v) is 15.1. The Kier molecular flexibility index (Phi) is 4.81. The summed E-state index contributed by atoms with van der Waals surface area (Å²) in [4.78, 5) is 21.9. The van der Waals surface area contributed by atoms with Crippen LogP contribution in [0.2, 0.25) is 5.02 Å². The monoisotopic (exact) mass is 373 g/mol. The van der Waals surface area contributed by atoms with Crippen molar-refractivity contribution < 1.29 is 4.79 Å². The molecule has 0 saturated carbocycles. The molecule has 4 aromatic rings. The first-order chi connectivity index (χ1) is 13.2. The van der Waals surface area contributed by atoms with Gasteiger partial charge in [-0.25, -0.2) is 9.97 Å². The Morgan fingerprint density at radius 1 is 0.963 bits per heavy atom. The summed E-state index contributed by atoms with van der Waals surface area (Å²) in [6.45, 7) is 0.350. The number of carbonyl (C=O) groups is 1. The molecule has 0 aliphatic carbocycles. The summed E-state index contributed by atoms with van der Waals surface area (Å²) >= 11 is 6.18. The van der Waals surface area contributed by atoms with E-state index in [4.69, 9.17) is 11.6 Å². The van der Waals surface area contributed by atoms with Crippen LogP contribution in [-0.4, -0.2) is 15.9 Å². The Labute approximate surface area is 161 Å². The van der Waals surface area contributed by atoms with Gasteiger partial charge in [0.2, 0.25) is 0 Å². The van der Waals surface area contributed by atoms with Crippen molar-refractivity contribution in [3.8, 4) is 11.3 Å². The van der Waals surface area contributed by atoms with Crippen LogP contribution >= 0.6 is 11.6 Å². The van der Waals surface area contributed by atoms with Crippen LogP contribution in [0.5, 0.6) is 0 Å². The van der Waals surface area contributed by atoms with Crippen molar-refractivity contribution in [1.29, 1.82) is 0 Å². The summed E-state index contributed by atoms with van der Waals surface area (Å²) in [7, 11) is 0. The standard InChI is InChI=1S/C22H16ClN3O/c23-19-11-5-4-9-16(19)14-25-22(27)18-13-20(15-7-2-1-3-8-15)26-21-17(18)10-6-12-24-21/h1-13H,14H2,(H,25,27). The van der Waals surface area contributed by atoms with Gasteiger partial charge < -0.3 is 5.32 Å². The second-order valence-corrected chi connectivity index (χ2v) is 6.48. The van der Waals surface area contributed by atoms with Crippen molar-refractivity contribution >= 4 is 28.5 Å². The second-order valence-electron chi connectivity index (χ2n) is 6.07. The minimum atomic E-state index is -0.187. The van der Waals surface area contributed by atoms with Crippen molar-refractivity contribution in [2.75, 3.05) is 0 Å². The fourth-order valence-corrected chi connectivity index (χ4v) is 3.12. The number of hydrogen-bond acceptors (Lipinski definition) is 3. The summed E-state index contributed by atoms with van der Waals surface area (Å²) in [6.07, 6.45) is 1.68. The Bertz CT molecular complexity index is 1110. The van der Waals surface area contributed by atoms with Gasteiger partial charge in [0.15, 0.2) is 5.65 Å². The molecule has 27 heavy (non-hydrogen) atoms. The van der Waals surface area contributed by atoms with Crippen molar-refractivity contribution in [1.82, 2.24) is 15.3 Å². The van der Waals surface area contributed by atoms with E-state index in [1.807, 2.05) is 60.7 Å². The Hall–Kier alpha value is -3.24. The molecule has 4 nitrogen and oxygen atoms in total. The highest BCUT2D eigenvalue weighted by Gasteiger charge is 2.14. The highest BCUT2D eigenvalue weighted by atomic mass is 35.5. The summed E-state index contributed by atoms with van der Waals surface area (Å²) in [5.41, 5.74) is 3.60. The van der Waals surface area contributed by atoms with E-state index in [2.05, 4.69) is 15.3 Å². The van der Waals surface area contributed by atoms with Gasteiger partial charge in [-0.3, -0.25) is 4.79 Å². The smallest absolute Gasteiger partial charge is 0.252 e. The van der Waals surface area contributed by atoms with Crippen molar-refractivity contribution in [3.05, 3.63) is 95.1 Å². The number of benzene rings is 2. The maximum absolute atomic E-state index is 12.9. The lowest BCUT2D eigenvalue weighted by molar-refractivity contribution is 0.0952. The van der Waals surface area contributed by atoms with Gasteiger partial charge in [-0.2, -0.15) is 0 Å². The average Bonchev–Trinajstić information content (AvgIpc) is 2.73. The number of nitrogens with zero attached hydrogens (tertiary/aromatic N) is 2. The van der Waals surface area contributed by atoms with Crippen LogP contribution in [0.3, 0.4) is 0 Å². The van der Waals surface area contributed by atoms with E-state index in [1.54, 1.807) is 18.3 Å². The van der Waals surface area contributed by atoms with E-state index >= 15 is 0 Å². The first kappa shape index (κ1) is 17.2. The molecule has 0 aliphatic heterocycles. The molecule has 2 heterocycles. The molecule has 0 saturated heterocycles. The lowest BCUT2D eigenvalue weighted by atomic mass is 10.1. The van der Waals surface area contributed by atoms with Crippen molar-refractivity contribution in [2.24, 2.45) is 0 Å². The highest BCUT2D eigenvalue weighted by molar-refractivity contribution is 6.31. The first-order valence-electron chi connectivity index (χ1n) is 8.55. The zero-order chi connectivity index (χ0) is 18.6. The van der Waals surface area contributed by atoms with Crippen molar-refractivity contribution in [3.63, 3.8) is 0 Å². The number of nitrogens with one attached hydrogen (secondary N) is 1. The van der Waals surface area contributed by atoms with Crippen LogP contribution in [0.25, 0.3) is 22.3 Å². The van der Waals surface area contributed by atoms with Crippen molar-refractivity contribution in [2.45, 2.75) is 6.54 Å². The van der Waals surface area contributed by atoms with Crippen LogP contribution in [0, 0.1) is 0 Å². The Morgan fingerprint density at radius 3 is 2.56 bits per heavy atom. The molecule has 0 unspecified atom stereocenters. The third-order valence-corrected chi connectivity index (χ3v) is 4.66.